The molecule has 0 N–H and O–H groups in total. The van der Waals surface area contributed by atoms with Crippen LogP contribution in [-0.4, -0.2) is 57.1 Å². The minimum Gasteiger partial charge on any atom is -0.466 e. The molecular weight excluding hydrogens is 300 g/mol. The quantitative estimate of drug-likeness (QED) is 0.318. The van der Waals surface area contributed by atoms with Crippen molar-refractivity contribution < 1.29 is 42.9 Å². The Kier molecular flexibility index (Phi) is 9.32. The summed E-state index contributed by atoms with van der Waals surface area (Å²) in [5.41, 5.74) is 0. The van der Waals surface area contributed by atoms with E-state index in [1.807, 2.05) is 0 Å². The van der Waals surface area contributed by atoms with Crippen LogP contribution in [0.2, 0.25) is 0 Å². The van der Waals surface area contributed by atoms with E-state index in [0.717, 1.165) is 38.5 Å². The van der Waals surface area contributed by atoms with Crippen LogP contribution >= 0.6 is 0 Å². The molecule has 9 nitrogen and oxygen atoms in total. The van der Waals surface area contributed by atoms with Gasteiger partial charge in [0.2, 0.25) is 5.78 Å². The van der Waals surface area contributed by atoms with E-state index < -0.39 is 42.9 Å². The Morgan fingerprint density at radius 1 is 0.636 bits per heavy atom. The molecule has 0 aromatic heterocycles. The van der Waals surface area contributed by atoms with Crippen molar-refractivity contribution in [2.45, 2.75) is 0 Å². The zero-order valence-electron chi connectivity index (χ0n) is 11.9. The van der Waals surface area contributed by atoms with Crippen LogP contribution in [0, 0.1) is 0 Å². The first kappa shape index (κ1) is 19.0. The van der Waals surface area contributed by atoms with E-state index in [1.54, 1.807) is 0 Å². The Balaban J connectivity index is 4.00. The summed E-state index contributed by atoms with van der Waals surface area (Å²) in [5, 5.41) is 0. The Morgan fingerprint density at radius 2 is 0.955 bits per heavy atom. The number of hydrogen-bond donors (Lipinski definition) is 0. The average Bonchev–Trinajstić information content (AvgIpc) is 2.53. The van der Waals surface area contributed by atoms with Crippen molar-refractivity contribution in [1.82, 2.24) is 0 Å². The molecule has 0 atom stereocenters. The first-order chi connectivity index (χ1) is 10.4. The van der Waals surface area contributed by atoms with Gasteiger partial charge < -0.3 is 18.9 Å². The lowest BCUT2D eigenvalue weighted by molar-refractivity contribution is -0.148. The van der Waals surface area contributed by atoms with E-state index >= 15 is 0 Å². The third kappa shape index (κ3) is 9.89. The van der Waals surface area contributed by atoms with Gasteiger partial charge in [-0.25, -0.2) is 19.2 Å². The zero-order chi connectivity index (χ0) is 17.0. The van der Waals surface area contributed by atoms with Crippen LogP contribution in [0.3, 0.4) is 0 Å². The van der Waals surface area contributed by atoms with Crippen LogP contribution in [0.4, 0.5) is 0 Å². The molecule has 0 rings (SSSR count). The van der Waals surface area contributed by atoms with E-state index in [0.29, 0.717) is 0 Å². The van der Waals surface area contributed by atoms with Crippen LogP contribution in [0.15, 0.2) is 24.3 Å². The molecule has 0 aliphatic carbocycles. The summed E-state index contributed by atoms with van der Waals surface area (Å²) in [6.07, 6.45) is 3.21. The highest BCUT2D eigenvalue weighted by Gasteiger charge is 2.08. The molecule has 0 bridgehead atoms. The first-order valence-electron chi connectivity index (χ1n) is 5.76. The van der Waals surface area contributed by atoms with Gasteiger partial charge in [0, 0.05) is 24.3 Å². The number of hydrogen-bond acceptors (Lipinski definition) is 9. The van der Waals surface area contributed by atoms with Crippen LogP contribution in [0.1, 0.15) is 0 Å². The van der Waals surface area contributed by atoms with Crippen molar-refractivity contribution in [2.24, 2.45) is 0 Å². The topological polar surface area (TPSA) is 122 Å². The van der Waals surface area contributed by atoms with Crippen LogP contribution in [0.25, 0.3) is 0 Å². The molecular formula is C13H14O9. The fourth-order valence-electron chi connectivity index (χ4n) is 0.849. The number of carbonyl (C=O) groups excluding carboxylic acids is 5. The molecule has 0 heterocycles. The van der Waals surface area contributed by atoms with Gasteiger partial charge in [-0.15, -0.1) is 0 Å². The van der Waals surface area contributed by atoms with Gasteiger partial charge >= 0.3 is 23.9 Å². The predicted octanol–water partition coefficient (Wildman–Crippen LogP) is -0.900. The Bertz CT molecular complexity index is 458. The van der Waals surface area contributed by atoms with E-state index in [4.69, 9.17) is 0 Å². The number of carbonyl (C=O) groups is 5. The Labute approximate surface area is 125 Å². The number of Topliss-reactive ketones (excluding diaryl/α,β-unsaturated/α-hetero) is 1. The second-order valence-electron chi connectivity index (χ2n) is 3.47. The average molecular weight is 314 g/mol. The van der Waals surface area contributed by atoms with Crippen LogP contribution < -0.4 is 0 Å². The molecule has 0 aliphatic rings. The molecule has 22 heavy (non-hydrogen) atoms. The van der Waals surface area contributed by atoms with Crippen molar-refractivity contribution in [3.05, 3.63) is 24.3 Å². The van der Waals surface area contributed by atoms with Gasteiger partial charge in [-0.1, -0.05) is 0 Å². The highest BCUT2D eigenvalue weighted by atomic mass is 16.6. The summed E-state index contributed by atoms with van der Waals surface area (Å²) in [4.78, 5) is 54.8. The summed E-state index contributed by atoms with van der Waals surface area (Å²) in [7, 11) is 2.26. The molecule has 0 unspecified atom stereocenters. The minimum absolute atomic E-state index is 0.641. The summed E-state index contributed by atoms with van der Waals surface area (Å²) in [5.74, 6) is -4.07. The lowest BCUT2D eigenvalue weighted by Crippen LogP contribution is -2.19. The SMILES string of the molecule is COC(=O)/C=C/C(=O)OCC(=O)COC(=O)/C=C/C(=O)OC. The van der Waals surface area contributed by atoms with E-state index in [1.165, 1.54) is 0 Å². The summed E-state index contributed by atoms with van der Waals surface area (Å²) >= 11 is 0. The predicted molar refractivity (Wildman–Crippen MR) is 69.2 cm³/mol. The molecule has 0 aliphatic heterocycles. The highest BCUT2D eigenvalue weighted by Crippen LogP contribution is 1.89. The lowest BCUT2D eigenvalue weighted by Gasteiger charge is -2.02. The third-order valence-electron chi connectivity index (χ3n) is 1.86. The molecule has 0 radical (unpaired) electrons. The van der Waals surface area contributed by atoms with Gasteiger partial charge in [0.25, 0.3) is 0 Å². The molecule has 120 valence electrons. The number of esters is 4. The van der Waals surface area contributed by atoms with Crippen molar-refractivity contribution in [3.8, 4) is 0 Å². The fraction of sp³-hybridized carbons (Fsp3) is 0.308. The van der Waals surface area contributed by atoms with Gasteiger partial charge in [-0.05, 0) is 0 Å². The standard InChI is InChI=1S/C13H14O9/c1-19-10(15)3-5-12(17)21-7-9(14)8-22-13(18)6-4-11(16)20-2/h3-6H,7-8H2,1-2H3/b5-3+,6-4+. The first-order valence-corrected chi connectivity index (χ1v) is 5.76. The maximum atomic E-state index is 11.3. The summed E-state index contributed by atoms with van der Waals surface area (Å²) < 4.78 is 17.4. The smallest absolute Gasteiger partial charge is 0.331 e. The van der Waals surface area contributed by atoms with Gasteiger partial charge in [0.1, 0.15) is 0 Å². The second kappa shape index (κ2) is 10.8. The number of ether oxygens (including phenoxy) is 4. The second-order valence-corrected chi connectivity index (χ2v) is 3.47. The van der Waals surface area contributed by atoms with E-state index in [9.17, 15) is 24.0 Å². The van der Waals surface area contributed by atoms with Gasteiger partial charge in [-0.3, -0.25) is 4.79 Å². The molecule has 0 saturated heterocycles. The van der Waals surface area contributed by atoms with Gasteiger partial charge in [0.05, 0.1) is 14.2 Å². The van der Waals surface area contributed by atoms with Gasteiger partial charge in [-0.2, -0.15) is 0 Å². The Morgan fingerprint density at radius 3 is 1.27 bits per heavy atom. The molecule has 0 spiro atoms. The van der Waals surface area contributed by atoms with E-state index in [-0.39, 0.29) is 0 Å². The zero-order valence-corrected chi connectivity index (χ0v) is 11.9. The summed E-state index contributed by atoms with van der Waals surface area (Å²) in [6.45, 7) is -1.28. The van der Waals surface area contributed by atoms with Crippen LogP contribution in [-0.2, 0) is 42.9 Å². The number of methoxy groups -OCH3 is 2. The lowest BCUT2D eigenvalue weighted by atomic mass is 10.4. The molecule has 9 heteroatoms. The number of ketones is 1. The maximum absolute atomic E-state index is 11.3. The molecule has 0 aromatic carbocycles. The normalized spacial score (nSPS) is 10.3. The monoisotopic (exact) mass is 314 g/mol. The van der Waals surface area contributed by atoms with Crippen LogP contribution in [0.5, 0.6) is 0 Å². The van der Waals surface area contributed by atoms with Crippen molar-refractivity contribution in [1.29, 1.82) is 0 Å². The molecule has 0 fully saturated rings. The van der Waals surface area contributed by atoms with Crippen molar-refractivity contribution in [2.75, 3.05) is 27.4 Å². The van der Waals surface area contributed by atoms with Crippen molar-refractivity contribution in [3.63, 3.8) is 0 Å². The molecule has 0 amide bonds. The molecule has 0 aromatic rings. The highest BCUT2D eigenvalue weighted by molar-refractivity contribution is 5.94. The van der Waals surface area contributed by atoms with Crippen molar-refractivity contribution >= 4 is 29.7 Å². The largest absolute Gasteiger partial charge is 0.466 e. The maximum Gasteiger partial charge on any atom is 0.331 e. The fourth-order valence-corrected chi connectivity index (χ4v) is 0.849. The van der Waals surface area contributed by atoms with E-state index in [2.05, 4.69) is 18.9 Å². The number of rotatable bonds is 8. The molecule has 0 saturated carbocycles. The Hall–Kier alpha value is -2.97. The van der Waals surface area contributed by atoms with Gasteiger partial charge in [0.15, 0.2) is 13.2 Å². The minimum atomic E-state index is -0.935. The summed E-state index contributed by atoms with van der Waals surface area (Å²) in [6, 6.07) is 0. The third-order valence-corrected chi connectivity index (χ3v) is 1.86.